The zero-order chi connectivity index (χ0) is 13.8. The lowest BCUT2D eigenvalue weighted by Gasteiger charge is -2.14. The van der Waals surface area contributed by atoms with Gasteiger partial charge in [-0.3, -0.25) is 4.98 Å². The smallest absolute Gasteiger partial charge is 0.0847 e. The Kier molecular flexibility index (Phi) is 4.33. The van der Waals surface area contributed by atoms with Gasteiger partial charge in [-0.2, -0.15) is 0 Å². The summed E-state index contributed by atoms with van der Waals surface area (Å²) in [4.78, 5) is 4.40. The Morgan fingerprint density at radius 3 is 2.21 bits per heavy atom. The monoisotopic (exact) mass is 255 g/mol. The summed E-state index contributed by atoms with van der Waals surface area (Å²) >= 11 is 0. The maximum Gasteiger partial charge on any atom is 0.0847 e. The van der Waals surface area contributed by atoms with Crippen molar-refractivity contribution in [3.63, 3.8) is 0 Å². The molecule has 100 valence electrons. The van der Waals surface area contributed by atoms with Gasteiger partial charge in [0.25, 0.3) is 0 Å². The molecule has 2 aromatic rings. The molecule has 2 heteroatoms. The largest absolute Gasteiger partial charge is 0.388 e. The number of aryl methyl sites for hydroxylation is 3. The number of pyridine rings is 1. The minimum Gasteiger partial charge on any atom is -0.388 e. The molecule has 0 aliphatic rings. The second-order valence-electron chi connectivity index (χ2n) is 5.02. The molecule has 0 fully saturated rings. The van der Waals surface area contributed by atoms with Crippen LogP contribution in [0.3, 0.4) is 0 Å². The van der Waals surface area contributed by atoms with Crippen molar-refractivity contribution in [1.82, 2.24) is 4.98 Å². The molecule has 1 N–H and O–H groups in total. The number of nitrogens with zero attached hydrogens (tertiary/aromatic N) is 1. The van der Waals surface area contributed by atoms with E-state index in [0.717, 1.165) is 28.9 Å². The minimum absolute atomic E-state index is 0.486. The minimum atomic E-state index is -0.486. The summed E-state index contributed by atoms with van der Waals surface area (Å²) in [5.41, 5.74) is 5.31. The number of benzene rings is 1. The molecule has 0 aliphatic carbocycles. The highest BCUT2D eigenvalue weighted by Crippen LogP contribution is 2.21. The van der Waals surface area contributed by atoms with Crippen LogP contribution in [0.15, 0.2) is 36.4 Å². The van der Waals surface area contributed by atoms with Crippen molar-refractivity contribution >= 4 is 0 Å². The van der Waals surface area contributed by atoms with Crippen molar-refractivity contribution in [2.75, 3.05) is 0 Å². The van der Waals surface area contributed by atoms with Crippen LogP contribution in [0.5, 0.6) is 0 Å². The van der Waals surface area contributed by atoms with Crippen molar-refractivity contribution in [2.45, 2.75) is 39.7 Å². The molecule has 0 aliphatic heterocycles. The van der Waals surface area contributed by atoms with Crippen molar-refractivity contribution in [3.8, 4) is 0 Å². The van der Waals surface area contributed by atoms with E-state index in [2.05, 4.69) is 36.2 Å². The highest BCUT2D eigenvalue weighted by Gasteiger charge is 2.12. The number of hydrogen-bond acceptors (Lipinski definition) is 2. The van der Waals surface area contributed by atoms with E-state index < -0.39 is 6.10 Å². The lowest BCUT2D eigenvalue weighted by molar-refractivity contribution is 0.177. The summed E-state index contributed by atoms with van der Waals surface area (Å²) in [6.45, 7) is 6.06. The molecule has 1 aromatic carbocycles. The van der Waals surface area contributed by atoms with Gasteiger partial charge in [-0.05, 0) is 37.5 Å². The number of aliphatic hydroxyl groups excluding tert-OH is 1. The molecule has 0 radical (unpaired) electrons. The Morgan fingerprint density at radius 2 is 1.63 bits per heavy atom. The molecule has 0 amide bonds. The van der Waals surface area contributed by atoms with Gasteiger partial charge in [0.05, 0.1) is 6.10 Å². The first kappa shape index (κ1) is 13.8. The van der Waals surface area contributed by atoms with Crippen LogP contribution in [0.1, 0.15) is 41.1 Å². The SMILES string of the molecule is CCc1ccc(CC(O)c2ccc(C)nc2C)cc1. The first-order chi connectivity index (χ1) is 9.10. The standard InChI is InChI=1S/C17H21NO/c1-4-14-6-8-15(9-7-14)11-17(19)16-10-5-12(2)18-13(16)3/h5-10,17,19H,4,11H2,1-3H3. The fourth-order valence-electron chi connectivity index (χ4n) is 2.29. The summed E-state index contributed by atoms with van der Waals surface area (Å²) in [7, 11) is 0. The number of hydrogen-bond donors (Lipinski definition) is 1. The van der Waals surface area contributed by atoms with Crippen LogP contribution < -0.4 is 0 Å². The topological polar surface area (TPSA) is 33.1 Å². The van der Waals surface area contributed by atoms with Crippen molar-refractivity contribution in [2.24, 2.45) is 0 Å². The molecular formula is C17H21NO. The van der Waals surface area contributed by atoms with E-state index in [4.69, 9.17) is 0 Å². The summed E-state index contributed by atoms with van der Waals surface area (Å²) in [5.74, 6) is 0. The van der Waals surface area contributed by atoms with Crippen LogP contribution in [-0.4, -0.2) is 10.1 Å². The van der Waals surface area contributed by atoms with Gasteiger partial charge < -0.3 is 5.11 Å². The Balaban J connectivity index is 2.13. The number of aromatic nitrogens is 1. The normalized spacial score (nSPS) is 12.4. The molecule has 19 heavy (non-hydrogen) atoms. The van der Waals surface area contributed by atoms with Gasteiger partial charge in [0.2, 0.25) is 0 Å². The van der Waals surface area contributed by atoms with Gasteiger partial charge in [0.1, 0.15) is 0 Å². The van der Waals surface area contributed by atoms with E-state index in [1.54, 1.807) is 0 Å². The van der Waals surface area contributed by atoms with Crippen LogP contribution in [-0.2, 0) is 12.8 Å². The van der Waals surface area contributed by atoms with Gasteiger partial charge in [0.15, 0.2) is 0 Å². The van der Waals surface area contributed by atoms with Crippen LogP contribution in [0, 0.1) is 13.8 Å². The highest BCUT2D eigenvalue weighted by atomic mass is 16.3. The predicted molar refractivity (Wildman–Crippen MR) is 78.2 cm³/mol. The molecule has 1 aromatic heterocycles. The fourth-order valence-corrected chi connectivity index (χ4v) is 2.29. The van der Waals surface area contributed by atoms with Crippen LogP contribution in [0.4, 0.5) is 0 Å². The maximum absolute atomic E-state index is 10.3. The highest BCUT2D eigenvalue weighted by molar-refractivity contribution is 5.28. The van der Waals surface area contributed by atoms with Gasteiger partial charge in [-0.15, -0.1) is 0 Å². The quantitative estimate of drug-likeness (QED) is 0.906. The van der Waals surface area contributed by atoms with Gasteiger partial charge in [-0.1, -0.05) is 37.3 Å². The molecule has 2 nitrogen and oxygen atoms in total. The third kappa shape index (κ3) is 3.42. The zero-order valence-electron chi connectivity index (χ0n) is 11.9. The van der Waals surface area contributed by atoms with Crippen LogP contribution >= 0.6 is 0 Å². The molecule has 0 saturated carbocycles. The van der Waals surface area contributed by atoms with E-state index in [0.29, 0.717) is 6.42 Å². The van der Waals surface area contributed by atoms with E-state index in [1.807, 2.05) is 26.0 Å². The molecular weight excluding hydrogens is 234 g/mol. The Labute approximate surface area is 115 Å². The Hall–Kier alpha value is -1.67. The van der Waals surface area contributed by atoms with E-state index in [1.165, 1.54) is 5.56 Å². The molecule has 1 heterocycles. The van der Waals surface area contributed by atoms with Crippen LogP contribution in [0.25, 0.3) is 0 Å². The molecule has 1 unspecified atom stereocenters. The van der Waals surface area contributed by atoms with Gasteiger partial charge in [0, 0.05) is 23.4 Å². The molecule has 2 rings (SSSR count). The average molecular weight is 255 g/mol. The second-order valence-corrected chi connectivity index (χ2v) is 5.02. The van der Waals surface area contributed by atoms with E-state index >= 15 is 0 Å². The zero-order valence-corrected chi connectivity index (χ0v) is 11.9. The van der Waals surface area contributed by atoms with E-state index in [9.17, 15) is 5.11 Å². The molecule has 1 atom stereocenters. The average Bonchev–Trinajstić information content (AvgIpc) is 2.39. The van der Waals surface area contributed by atoms with Crippen molar-refractivity contribution < 1.29 is 5.11 Å². The first-order valence-corrected chi connectivity index (χ1v) is 6.80. The third-order valence-electron chi connectivity index (χ3n) is 3.49. The maximum atomic E-state index is 10.3. The van der Waals surface area contributed by atoms with Crippen molar-refractivity contribution in [1.29, 1.82) is 0 Å². The predicted octanol–water partition coefficient (Wildman–Crippen LogP) is 3.54. The Morgan fingerprint density at radius 1 is 1.00 bits per heavy atom. The third-order valence-corrected chi connectivity index (χ3v) is 3.49. The molecule has 0 spiro atoms. The van der Waals surface area contributed by atoms with Gasteiger partial charge >= 0.3 is 0 Å². The summed E-state index contributed by atoms with van der Waals surface area (Å²) in [6, 6.07) is 12.4. The van der Waals surface area contributed by atoms with Crippen LogP contribution in [0.2, 0.25) is 0 Å². The molecule has 0 bridgehead atoms. The first-order valence-electron chi connectivity index (χ1n) is 6.80. The summed E-state index contributed by atoms with van der Waals surface area (Å²) < 4.78 is 0. The summed E-state index contributed by atoms with van der Waals surface area (Å²) in [5, 5.41) is 10.3. The second kappa shape index (κ2) is 5.98. The van der Waals surface area contributed by atoms with Gasteiger partial charge in [-0.25, -0.2) is 0 Å². The lowest BCUT2D eigenvalue weighted by atomic mass is 9.99. The lowest BCUT2D eigenvalue weighted by Crippen LogP contribution is -2.05. The molecule has 0 saturated heterocycles. The number of rotatable bonds is 4. The fraction of sp³-hybridized carbons (Fsp3) is 0.353. The van der Waals surface area contributed by atoms with E-state index in [-0.39, 0.29) is 0 Å². The summed E-state index contributed by atoms with van der Waals surface area (Å²) in [6.07, 6.45) is 1.19. The number of aliphatic hydroxyl groups is 1. The Bertz CT molecular complexity index is 546. The van der Waals surface area contributed by atoms with Crippen molar-refractivity contribution in [3.05, 3.63) is 64.5 Å².